The maximum Gasteiger partial charge on any atom is 0.232 e. The molecule has 66 heavy (non-hydrogen) atoms. The molecule has 6 rings (SSSR count). The Morgan fingerprint density at radius 1 is 0.576 bits per heavy atom. The first-order valence-corrected chi connectivity index (χ1v) is 27.1. The largest absolute Gasteiger partial charge is 0.385 e. The lowest BCUT2D eigenvalue weighted by molar-refractivity contribution is 0.553. The zero-order chi connectivity index (χ0) is 47.2. The van der Waals surface area contributed by atoms with E-state index in [1.807, 2.05) is 12.1 Å². The van der Waals surface area contributed by atoms with E-state index in [0.717, 1.165) is 58.4 Å². The molecule has 2 aromatic carbocycles. The maximum absolute atomic E-state index is 12.9. The number of aromatic amines is 1. The molecule has 13 heteroatoms. The number of hydrogen-bond donors (Lipinski definition) is 3. The molecule has 0 spiro atoms. The first-order valence-electron chi connectivity index (χ1n) is 25.4. The molecule has 4 aromatic heterocycles. The van der Waals surface area contributed by atoms with Gasteiger partial charge in [-0.15, -0.1) is 14.8 Å². The summed E-state index contributed by atoms with van der Waals surface area (Å²) in [6, 6.07) is 15.7. The molecule has 6 aromatic rings. The second-order valence-electron chi connectivity index (χ2n) is 20.6. The molecule has 360 valence electrons. The van der Waals surface area contributed by atoms with E-state index < -0.39 is 10.0 Å². The highest BCUT2D eigenvalue weighted by Gasteiger charge is 2.28. The van der Waals surface area contributed by atoms with Crippen molar-refractivity contribution in [1.82, 2.24) is 39.6 Å². The molecule has 0 saturated carbocycles. The van der Waals surface area contributed by atoms with Gasteiger partial charge in [0, 0.05) is 50.7 Å². The van der Waals surface area contributed by atoms with Gasteiger partial charge in [0.2, 0.25) is 10.0 Å². The predicted molar refractivity (Wildman–Crippen MR) is 275 cm³/mol. The number of anilines is 2. The SMILES string of the molecule is CCCCCCCCCCCCNc1ccc(-c2nc3c(=Cc4c(C(C)(C)C)[nH]n5nc(-c6ccc(NS(=O)(=O)CCCCCCCCCCCC)cc6)nc45)c(C(C)(C)C)nn3n2)cc1. The molecule has 0 radical (unpaired) electrons. The van der Waals surface area contributed by atoms with Gasteiger partial charge >= 0.3 is 0 Å². The first-order chi connectivity index (χ1) is 31.7. The number of nitrogens with one attached hydrogen (secondary N) is 3. The van der Waals surface area contributed by atoms with E-state index in [9.17, 15) is 8.42 Å². The standard InChI is InChI=1S/C53H80N10O2S/c1-9-11-13-15-17-19-21-23-25-27-37-54-42-33-29-40(30-34-42)48-55-50-44(46(52(3,4)5)57-62(50)59-48)39-45-47(53(6,7)8)58-63-51(45)56-49(60-63)41-31-35-43(36-32-41)61-66(64,65)38-28-26-24-22-20-18-16-14-12-10-2/h29-36,39,54,58,61H,9-28,37-38H2,1-8H3. The number of unbranched alkanes of at least 4 members (excludes halogenated alkanes) is 18. The van der Waals surface area contributed by atoms with E-state index in [0.29, 0.717) is 35.1 Å². The van der Waals surface area contributed by atoms with Crippen LogP contribution in [0.15, 0.2) is 48.5 Å². The van der Waals surface area contributed by atoms with E-state index >= 15 is 0 Å². The molecule has 0 aliphatic rings. The highest BCUT2D eigenvalue weighted by molar-refractivity contribution is 7.92. The van der Waals surface area contributed by atoms with Crippen molar-refractivity contribution in [2.75, 3.05) is 22.3 Å². The number of sulfonamides is 1. The highest BCUT2D eigenvalue weighted by atomic mass is 32.2. The summed E-state index contributed by atoms with van der Waals surface area (Å²) >= 11 is 0. The first kappa shape index (κ1) is 50.6. The molecule has 0 aliphatic heterocycles. The summed E-state index contributed by atoms with van der Waals surface area (Å²) < 4.78 is 32.0. The molecule has 0 bridgehead atoms. The molecule has 4 heterocycles. The zero-order valence-corrected chi connectivity index (χ0v) is 42.4. The van der Waals surface area contributed by atoms with Gasteiger partial charge < -0.3 is 5.32 Å². The second kappa shape index (κ2) is 23.8. The molecule has 0 aliphatic carbocycles. The quantitative estimate of drug-likeness (QED) is 0.0412. The lowest BCUT2D eigenvalue weighted by atomic mass is 9.88. The molecule has 0 amide bonds. The predicted octanol–water partition coefficient (Wildman–Crippen LogP) is 13.0. The molecule has 0 atom stereocenters. The van der Waals surface area contributed by atoms with Gasteiger partial charge in [0.15, 0.2) is 22.9 Å². The summed E-state index contributed by atoms with van der Waals surface area (Å²) in [4.78, 5) is 10.2. The number of H-pyrrole nitrogens is 1. The van der Waals surface area contributed by atoms with E-state index in [-0.39, 0.29) is 16.6 Å². The van der Waals surface area contributed by atoms with Gasteiger partial charge in [-0.1, -0.05) is 171 Å². The van der Waals surface area contributed by atoms with Crippen LogP contribution in [-0.4, -0.2) is 60.3 Å². The van der Waals surface area contributed by atoms with Crippen LogP contribution in [0.3, 0.4) is 0 Å². The fourth-order valence-electron chi connectivity index (χ4n) is 8.70. The Balaban J connectivity index is 1.13. The van der Waals surface area contributed by atoms with Crippen LogP contribution in [0.5, 0.6) is 0 Å². The van der Waals surface area contributed by atoms with Gasteiger partial charge in [0.25, 0.3) is 0 Å². The molecule has 3 N–H and O–H groups in total. The van der Waals surface area contributed by atoms with Gasteiger partial charge in [-0.05, 0) is 67.4 Å². The second-order valence-corrected chi connectivity index (χ2v) is 22.4. The van der Waals surface area contributed by atoms with Gasteiger partial charge in [0.1, 0.15) is 0 Å². The summed E-state index contributed by atoms with van der Waals surface area (Å²) in [7, 11) is -3.45. The van der Waals surface area contributed by atoms with Crippen molar-refractivity contribution in [3.05, 3.63) is 70.7 Å². The van der Waals surface area contributed by atoms with Gasteiger partial charge in [-0.2, -0.15) is 9.73 Å². The third kappa shape index (κ3) is 14.4. The number of fused-ring (bicyclic) bond motifs is 2. The smallest absolute Gasteiger partial charge is 0.232 e. The molecule has 0 saturated heterocycles. The average molecular weight is 921 g/mol. The number of benzene rings is 2. The van der Waals surface area contributed by atoms with Gasteiger partial charge in [-0.25, -0.2) is 18.4 Å². The van der Waals surface area contributed by atoms with Crippen molar-refractivity contribution in [2.24, 2.45) is 0 Å². The molecule has 12 nitrogen and oxygen atoms in total. The lowest BCUT2D eigenvalue weighted by Gasteiger charge is -2.18. The van der Waals surface area contributed by atoms with Crippen LogP contribution in [0, 0.1) is 0 Å². The van der Waals surface area contributed by atoms with Crippen molar-refractivity contribution in [1.29, 1.82) is 0 Å². The summed E-state index contributed by atoms with van der Waals surface area (Å²) in [5.41, 5.74) is 6.93. The van der Waals surface area contributed by atoms with Gasteiger partial charge in [0.05, 0.1) is 17.1 Å². The van der Waals surface area contributed by atoms with Crippen LogP contribution in [0.1, 0.15) is 201 Å². The third-order valence-corrected chi connectivity index (χ3v) is 13.9. The average Bonchev–Trinajstić information content (AvgIpc) is 4.05. The number of hydrogen-bond acceptors (Lipinski definition) is 8. The van der Waals surface area contributed by atoms with Crippen molar-refractivity contribution in [3.8, 4) is 22.8 Å². The number of nitrogens with zero attached hydrogens (tertiary/aromatic N) is 7. The van der Waals surface area contributed by atoms with E-state index in [1.165, 1.54) is 109 Å². The maximum atomic E-state index is 12.9. The van der Waals surface area contributed by atoms with Crippen LogP contribution in [0.2, 0.25) is 0 Å². The Morgan fingerprint density at radius 2 is 1.06 bits per heavy atom. The lowest BCUT2D eigenvalue weighted by Crippen LogP contribution is -2.22. The zero-order valence-electron chi connectivity index (χ0n) is 41.6. The summed E-state index contributed by atoms with van der Waals surface area (Å²) in [5.74, 6) is 1.28. The minimum Gasteiger partial charge on any atom is -0.385 e. The summed E-state index contributed by atoms with van der Waals surface area (Å²) in [6.45, 7) is 18.5. The van der Waals surface area contributed by atoms with Crippen LogP contribution in [0.4, 0.5) is 11.4 Å². The minimum atomic E-state index is -3.45. The normalized spacial score (nSPS) is 12.9. The van der Waals surface area contributed by atoms with Crippen LogP contribution >= 0.6 is 0 Å². The number of rotatable bonds is 28. The summed E-state index contributed by atoms with van der Waals surface area (Å²) in [5, 5.41) is 22.8. The molecule has 0 fully saturated rings. The fourth-order valence-corrected chi connectivity index (χ4v) is 9.88. The Kier molecular flexibility index (Phi) is 18.2. The monoisotopic (exact) mass is 921 g/mol. The van der Waals surface area contributed by atoms with Gasteiger partial charge in [-0.3, -0.25) is 9.82 Å². The third-order valence-electron chi connectivity index (χ3n) is 12.6. The Labute approximate surface area is 395 Å². The Bertz CT molecular complexity index is 2560. The molecular weight excluding hydrogens is 841 g/mol. The molecular formula is C53H80N10O2S. The minimum absolute atomic E-state index is 0.122. The van der Waals surface area contributed by atoms with Crippen molar-refractivity contribution < 1.29 is 8.42 Å². The van der Waals surface area contributed by atoms with Crippen molar-refractivity contribution in [3.63, 3.8) is 0 Å². The number of aromatic nitrogens is 8. The van der Waals surface area contributed by atoms with E-state index in [2.05, 4.69) is 101 Å². The topological polar surface area (TPSA) is 147 Å². The fraction of sp³-hybridized carbons (Fsp3) is 0.604. The van der Waals surface area contributed by atoms with Crippen LogP contribution in [-0.2, 0) is 20.9 Å². The van der Waals surface area contributed by atoms with E-state index in [1.54, 1.807) is 21.4 Å². The van der Waals surface area contributed by atoms with Crippen molar-refractivity contribution >= 4 is 38.8 Å². The molecule has 0 unspecified atom stereocenters. The van der Waals surface area contributed by atoms with Crippen LogP contribution < -0.4 is 15.3 Å². The highest BCUT2D eigenvalue weighted by Crippen LogP contribution is 2.31. The van der Waals surface area contributed by atoms with Crippen LogP contribution in [0.25, 0.3) is 40.1 Å². The Hall–Kier alpha value is -4.78. The van der Waals surface area contributed by atoms with Crippen molar-refractivity contribution in [2.45, 2.75) is 195 Å². The summed E-state index contributed by atoms with van der Waals surface area (Å²) in [6.07, 6.45) is 27.1. The Morgan fingerprint density at radius 3 is 1.59 bits per heavy atom. The van der Waals surface area contributed by atoms with E-state index in [4.69, 9.17) is 25.3 Å².